The van der Waals surface area contributed by atoms with E-state index in [1.54, 1.807) is 12.1 Å². The van der Waals surface area contributed by atoms with E-state index in [2.05, 4.69) is 5.32 Å². The van der Waals surface area contributed by atoms with Gasteiger partial charge in [-0.15, -0.1) is 0 Å². The topological polar surface area (TPSA) is 185 Å². The maximum atomic E-state index is 13.1. The number of ketones is 1. The number of hydrogen-bond donors (Lipinski definition) is 6. The number of carbonyl (C=O) groups is 3. The fraction of sp³-hybridized carbons (Fsp3) is 0.423. The van der Waals surface area contributed by atoms with Gasteiger partial charge in [-0.05, 0) is 41.8 Å². The first kappa shape index (κ1) is 31.7. The van der Waals surface area contributed by atoms with Gasteiger partial charge >= 0.3 is 6.18 Å². The molecule has 13 heteroatoms. The van der Waals surface area contributed by atoms with Crippen molar-refractivity contribution in [2.75, 3.05) is 26.2 Å². The van der Waals surface area contributed by atoms with Gasteiger partial charge in [0.2, 0.25) is 11.8 Å². The minimum Gasteiger partial charge on any atom is -0.508 e. The molecule has 0 aromatic heterocycles. The van der Waals surface area contributed by atoms with Crippen LogP contribution in [0.2, 0.25) is 0 Å². The molecular formula is C26H34F3N5O5. The Kier molecular flexibility index (Phi) is 11.9. The molecule has 0 saturated carbocycles. The molecule has 3 atom stereocenters. The maximum absolute atomic E-state index is 13.1. The molecule has 0 bridgehead atoms. The van der Waals surface area contributed by atoms with Gasteiger partial charge in [-0.2, -0.15) is 13.2 Å². The number of alkyl halides is 3. The minimum atomic E-state index is -4.60. The highest BCUT2D eigenvalue weighted by atomic mass is 19.4. The quantitative estimate of drug-likeness (QED) is 0.196. The van der Waals surface area contributed by atoms with Crippen LogP contribution in [0.3, 0.4) is 0 Å². The number of Topliss-reactive ketones (excluding diaryl/α,β-unsaturated/α-hetero) is 1. The van der Waals surface area contributed by atoms with Crippen molar-refractivity contribution in [1.82, 2.24) is 10.2 Å². The van der Waals surface area contributed by atoms with Crippen molar-refractivity contribution in [2.45, 2.75) is 43.6 Å². The molecule has 9 N–H and O–H groups in total. The molecule has 0 spiro atoms. The lowest BCUT2D eigenvalue weighted by atomic mass is 9.94. The van der Waals surface area contributed by atoms with Gasteiger partial charge in [0.05, 0.1) is 18.0 Å². The van der Waals surface area contributed by atoms with Crippen molar-refractivity contribution in [3.05, 3.63) is 65.2 Å². The number of nitrogens with two attached hydrogens (primary N) is 3. The molecule has 2 rings (SSSR count). The van der Waals surface area contributed by atoms with E-state index in [0.717, 1.165) is 24.3 Å². The summed E-state index contributed by atoms with van der Waals surface area (Å²) < 4.78 is 38.9. The second kappa shape index (κ2) is 14.6. The third kappa shape index (κ3) is 9.62. The predicted molar refractivity (Wildman–Crippen MR) is 137 cm³/mol. The van der Waals surface area contributed by atoms with Gasteiger partial charge in [0.1, 0.15) is 17.9 Å². The van der Waals surface area contributed by atoms with E-state index in [-0.39, 0.29) is 50.3 Å². The molecule has 2 amide bonds. The Morgan fingerprint density at radius 2 is 1.51 bits per heavy atom. The minimum absolute atomic E-state index is 0.0343. The number of carbonyl (C=O) groups excluding carboxylic acids is 3. The van der Waals surface area contributed by atoms with E-state index in [0.29, 0.717) is 5.56 Å². The number of nitrogens with zero attached hydrogens (tertiary/aromatic N) is 1. The average molecular weight is 554 g/mol. The molecule has 214 valence electrons. The zero-order valence-electron chi connectivity index (χ0n) is 21.2. The van der Waals surface area contributed by atoms with E-state index in [4.69, 9.17) is 17.2 Å². The summed E-state index contributed by atoms with van der Waals surface area (Å²) in [5.74, 6) is -1.96. The summed E-state index contributed by atoms with van der Waals surface area (Å²) in [4.78, 5) is 39.9. The van der Waals surface area contributed by atoms with Crippen molar-refractivity contribution in [1.29, 1.82) is 0 Å². The largest absolute Gasteiger partial charge is 0.508 e. The van der Waals surface area contributed by atoms with Gasteiger partial charge in [0.25, 0.3) is 0 Å². The van der Waals surface area contributed by atoms with Gasteiger partial charge in [-0.25, -0.2) is 0 Å². The molecule has 2 aromatic carbocycles. The summed E-state index contributed by atoms with van der Waals surface area (Å²) in [6.07, 6.45) is -6.67. The Morgan fingerprint density at radius 3 is 2.03 bits per heavy atom. The van der Waals surface area contributed by atoms with Gasteiger partial charge < -0.3 is 37.6 Å². The summed E-state index contributed by atoms with van der Waals surface area (Å²) >= 11 is 0. The molecule has 0 aliphatic rings. The van der Waals surface area contributed by atoms with Crippen molar-refractivity contribution < 1.29 is 37.8 Å². The normalized spacial score (nSPS) is 13.8. The van der Waals surface area contributed by atoms with Crippen LogP contribution in [0.15, 0.2) is 48.5 Å². The third-order valence-electron chi connectivity index (χ3n) is 6.02. The van der Waals surface area contributed by atoms with E-state index >= 15 is 0 Å². The molecule has 0 saturated heterocycles. The molecule has 0 unspecified atom stereocenters. The lowest BCUT2D eigenvalue weighted by molar-refractivity contribution is -0.137. The molecule has 2 aromatic rings. The summed E-state index contributed by atoms with van der Waals surface area (Å²) in [5.41, 5.74) is 16.6. The zero-order valence-corrected chi connectivity index (χ0v) is 21.2. The number of phenolic OH excluding ortho intramolecular Hbond substituents is 1. The van der Waals surface area contributed by atoms with Gasteiger partial charge in [0, 0.05) is 32.6 Å². The monoisotopic (exact) mass is 553 g/mol. The highest BCUT2D eigenvalue weighted by Crippen LogP contribution is 2.30. The van der Waals surface area contributed by atoms with Crippen LogP contribution in [-0.4, -0.2) is 71.0 Å². The fourth-order valence-corrected chi connectivity index (χ4v) is 3.83. The molecule has 0 heterocycles. The van der Waals surface area contributed by atoms with E-state index in [1.807, 2.05) is 0 Å². The third-order valence-corrected chi connectivity index (χ3v) is 6.02. The number of aliphatic hydroxyl groups excluding tert-OH is 1. The summed E-state index contributed by atoms with van der Waals surface area (Å²) in [7, 11) is 0. The van der Waals surface area contributed by atoms with Crippen LogP contribution in [0.1, 0.15) is 35.6 Å². The Hall–Kier alpha value is -3.52. The number of phenols is 1. The number of benzene rings is 2. The second-order valence-corrected chi connectivity index (χ2v) is 8.95. The van der Waals surface area contributed by atoms with Gasteiger partial charge in [0.15, 0.2) is 5.78 Å². The Morgan fingerprint density at radius 1 is 0.949 bits per heavy atom. The SMILES string of the molecule is NCCN(CCN)C(=O)C[C@H](N)C(=O)N[C@H](C(=O)CCc1ccc(O)cc1)[C@H](O)c1ccc(C(F)(F)F)cc1. The molecule has 0 aliphatic heterocycles. The zero-order chi connectivity index (χ0) is 29.2. The number of amides is 2. The summed E-state index contributed by atoms with van der Waals surface area (Å²) in [6.45, 7) is 0.749. The smallest absolute Gasteiger partial charge is 0.416 e. The van der Waals surface area contributed by atoms with Crippen molar-refractivity contribution >= 4 is 17.6 Å². The number of aryl methyl sites for hydroxylation is 1. The number of halogens is 3. The standard InChI is InChI=1S/C26H34F3N5O5/c27-26(28,29)18-6-4-17(5-7-18)24(38)23(21(36)10-3-16-1-8-19(35)9-2-16)33-25(39)20(32)15-22(37)34(13-11-30)14-12-31/h1-2,4-9,20,23-24,35,38H,3,10-15,30-32H2,(H,33,39)/t20-,23+,24+/m0/s1. The van der Waals surface area contributed by atoms with Crippen LogP contribution in [0, 0.1) is 0 Å². The lowest BCUT2D eigenvalue weighted by Gasteiger charge is -2.26. The Balaban J connectivity index is 2.21. The van der Waals surface area contributed by atoms with E-state index < -0.39 is 53.9 Å². The second-order valence-electron chi connectivity index (χ2n) is 8.95. The van der Waals surface area contributed by atoms with Crippen molar-refractivity contribution in [2.24, 2.45) is 17.2 Å². The number of aromatic hydroxyl groups is 1. The highest BCUT2D eigenvalue weighted by molar-refractivity contribution is 5.93. The van der Waals surface area contributed by atoms with E-state index in [1.165, 1.54) is 17.0 Å². The Bertz CT molecular complexity index is 1090. The maximum Gasteiger partial charge on any atom is 0.416 e. The predicted octanol–water partition coefficient (Wildman–Crippen LogP) is 0.595. The van der Waals surface area contributed by atoms with Crippen LogP contribution >= 0.6 is 0 Å². The van der Waals surface area contributed by atoms with Crippen LogP contribution in [-0.2, 0) is 27.0 Å². The van der Waals surface area contributed by atoms with Crippen LogP contribution < -0.4 is 22.5 Å². The molecule has 10 nitrogen and oxygen atoms in total. The first-order chi connectivity index (χ1) is 18.4. The van der Waals surface area contributed by atoms with Crippen molar-refractivity contribution in [3.63, 3.8) is 0 Å². The first-order valence-corrected chi connectivity index (χ1v) is 12.3. The average Bonchev–Trinajstić information content (AvgIpc) is 2.90. The molecule has 39 heavy (non-hydrogen) atoms. The van der Waals surface area contributed by atoms with Crippen LogP contribution in [0.4, 0.5) is 13.2 Å². The summed E-state index contributed by atoms with van der Waals surface area (Å²) in [5, 5.41) is 22.7. The van der Waals surface area contributed by atoms with Crippen LogP contribution in [0.25, 0.3) is 0 Å². The fourth-order valence-electron chi connectivity index (χ4n) is 3.83. The number of hydrogen-bond acceptors (Lipinski definition) is 8. The molecule has 0 fully saturated rings. The van der Waals surface area contributed by atoms with E-state index in [9.17, 15) is 37.8 Å². The molecular weight excluding hydrogens is 519 g/mol. The van der Waals surface area contributed by atoms with Gasteiger partial charge in [-0.1, -0.05) is 24.3 Å². The molecule has 0 radical (unpaired) electrons. The Labute approximate surface area is 223 Å². The first-order valence-electron chi connectivity index (χ1n) is 12.3. The summed E-state index contributed by atoms with van der Waals surface area (Å²) in [6, 6.07) is 6.66. The van der Waals surface area contributed by atoms with Crippen molar-refractivity contribution in [3.8, 4) is 5.75 Å². The van der Waals surface area contributed by atoms with Gasteiger partial charge in [-0.3, -0.25) is 14.4 Å². The number of aliphatic hydroxyl groups is 1. The number of nitrogens with one attached hydrogen (secondary N) is 1. The number of rotatable bonds is 14. The molecule has 0 aliphatic carbocycles. The van der Waals surface area contributed by atoms with Crippen LogP contribution in [0.5, 0.6) is 5.75 Å². The lowest BCUT2D eigenvalue weighted by Crippen LogP contribution is -2.52. The highest BCUT2D eigenvalue weighted by Gasteiger charge is 2.34.